The number of likely N-dealkylation sites (tertiary alicyclic amines) is 1. The van der Waals surface area contributed by atoms with Crippen LogP contribution >= 0.6 is 0 Å². The van der Waals surface area contributed by atoms with Crippen molar-refractivity contribution in [2.45, 2.75) is 37.5 Å². The van der Waals surface area contributed by atoms with E-state index in [4.69, 9.17) is 31.5 Å². The lowest BCUT2D eigenvalue weighted by Crippen LogP contribution is -2.49. The Kier molecular flexibility index (Phi) is 6.42. The van der Waals surface area contributed by atoms with Crippen molar-refractivity contribution in [3.8, 4) is 5.75 Å². The highest BCUT2D eigenvalue weighted by Crippen LogP contribution is 2.23. The fourth-order valence-corrected chi connectivity index (χ4v) is 3.60. The molecule has 1 aromatic carbocycles. The summed E-state index contributed by atoms with van der Waals surface area (Å²) in [5, 5.41) is 16.4. The molecule has 1 aromatic rings. The molecule has 0 aliphatic carbocycles. The Bertz CT molecular complexity index is 748. The second-order valence-electron chi connectivity index (χ2n) is 7.37. The predicted molar refractivity (Wildman–Crippen MR) is 105 cm³/mol. The molecular formula is C19H27N5O5. The highest BCUT2D eigenvalue weighted by atomic mass is 16.6. The molecule has 2 fully saturated rings. The molecule has 1 amide bonds. The van der Waals surface area contributed by atoms with Gasteiger partial charge in [-0.15, -0.1) is 0 Å². The predicted octanol–water partition coefficient (Wildman–Crippen LogP) is 0.198. The van der Waals surface area contributed by atoms with E-state index in [1.165, 1.54) is 0 Å². The van der Waals surface area contributed by atoms with Crippen LogP contribution in [0.15, 0.2) is 24.3 Å². The number of hydrogen-bond acceptors (Lipinski definition) is 6. The van der Waals surface area contributed by atoms with E-state index in [2.05, 4.69) is 0 Å². The molecule has 0 radical (unpaired) electrons. The number of nitrogens with one attached hydrogen (secondary N) is 1. The van der Waals surface area contributed by atoms with Crippen LogP contribution in [-0.4, -0.2) is 77.4 Å². The van der Waals surface area contributed by atoms with Gasteiger partial charge < -0.3 is 35.8 Å². The Morgan fingerprint density at radius 1 is 1.31 bits per heavy atom. The molecular weight excluding hydrogens is 378 g/mol. The van der Waals surface area contributed by atoms with Gasteiger partial charge in [0.25, 0.3) is 0 Å². The van der Waals surface area contributed by atoms with Crippen LogP contribution in [-0.2, 0) is 16.0 Å². The van der Waals surface area contributed by atoms with Crippen molar-refractivity contribution in [3.63, 3.8) is 0 Å². The lowest BCUT2D eigenvalue weighted by Gasteiger charge is -2.35. The number of nitrogens with two attached hydrogens (primary N) is 2. The van der Waals surface area contributed by atoms with Gasteiger partial charge in [0.2, 0.25) is 0 Å². The fourth-order valence-electron chi connectivity index (χ4n) is 3.60. The quantitative estimate of drug-likeness (QED) is 0.370. The highest BCUT2D eigenvalue weighted by Gasteiger charge is 2.37. The molecule has 29 heavy (non-hydrogen) atoms. The standard InChI is InChI=1S/C19H27N5O5/c20-16(17(25)26)9-12-1-3-14(4-2-12)28-11-15-10-24(19(27)29-15)13-5-7-23(8-6-13)18(21)22/h1-4,13,15-16H,5-11,20H2,(H3,21,22)(H,25,26). The summed E-state index contributed by atoms with van der Waals surface area (Å²) in [5.74, 6) is -0.360. The van der Waals surface area contributed by atoms with Crippen molar-refractivity contribution >= 4 is 18.0 Å². The van der Waals surface area contributed by atoms with Gasteiger partial charge in [-0.2, -0.15) is 0 Å². The van der Waals surface area contributed by atoms with Crippen LogP contribution in [0.2, 0.25) is 0 Å². The first-order chi connectivity index (χ1) is 13.8. The van der Waals surface area contributed by atoms with Crippen LogP contribution in [0.25, 0.3) is 0 Å². The van der Waals surface area contributed by atoms with Gasteiger partial charge in [-0.05, 0) is 37.0 Å². The number of piperidine rings is 1. The fraction of sp³-hybridized carbons (Fsp3) is 0.526. The number of cyclic esters (lactones) is 1. The second-order valence-corrected chi connectivity index (χ2v) is 7.37. The molecule has 0 spiro atoms. The first-order valence-electron chi connectivity index (χ1n) is 9.60. The van der Waals surface area contributed by atoms with E-state index >= 15 is 0 Å². The second kappa shape index (κ2) is 8.99. The number of rotatable bonds is 7. The van der Waals surface area contributed by atoms with E-state index in [0.29, 0.717) is 25.4 Å². The molecule has 2 unspecified atom stereocenters. The Hall–Kier alpha value is -3.01. The summed E-state index contributed by atoms with van der Waals surface area (Å²) < 4.78 is 11.2. The number of benzene rings is 1. The Morgan fingerprint density at radius 2 is 1.97 bits per heavy atom. The first kappa shape index (κ1) is 20.7. The average molecular weight is 405 g/mol. The lowest BCUT2D eigenvalue weighted by molar-refractivity contribution is -0.138. The van der Waals surface area contributed by atoms with E-state index in [1.54, 1.807) is 34.1 Å². The summed E-state index contributed by atoms with van der Waals surface area (Å²) in [7, 11) is 0. The number of carboxylic acid groups (broad SMARTS) is 1. The van der Waals surface area contributed by atoms with E-state index < -0.39 is 12.0 Å². The SMILES string of the molecule is N=C(N)N1CCC(N2CC(COc3ccc(CC(N)C(=O)O)cc3)OC2=O)CC1. The molecule has 2 aliphatic heterocycles. The third-order valence-electron chi connectivity index (χ3n) is 5.28. The van der Waals surface area contributed by atoms with Gasteiger partial charge in [0, 0.05) is 19.1 Å². The molecule has 2 heterocycles. The molecule has 2 saturated heterocycles. The summed E-state index contributed by atoms with van der Waals surface area (Å²) in [6.45, 7) is 2.02. The number of ether oxygens (including phenoxy) is 2. The molecule has 158 valence electrons. The maximum absolute atomic E-state index is 12.2. The minimum absolute atomic E-state index is 0.0645. The van der Waals surface area contributed by atoms with Gasteiger partial charge in [0.1, 0.15) is 18.4 Å². The average Bonchev–Trinajstić information content (AvgIpc) is 3.08. The van der Waals surface area contributed by atoms with Crippen molar-refractivity contribution in [2.24, 2.45) is 11.5 Å². The number of hydrogen-bond donors (Lipinski definition) is 4. The van der Waals surface area contributed by atoms with E-state index in [-0.39, 0.29) is 37.2 Å². The number of carbonyl (C=O) groups is 2. The van der Waals surface area contributed by atoms with Crippen LogP contribution < -0.4 is 16.2 Å². The number of guanidine groups is 1. The van der Waals surface area contributed by atoms with Gasteiger partial charge in [0.05, 0.1) is 6.54 Å². The molecule has 0 aromatic heterocycles. The third-order valence-corrected chi connectivity index (χ3v) is 5.28. The molecule has 10 nitrogen and oxygen atoms in total. The van der Waals surface area contributed by atoms with Crippen LogP contribution in [0.3, 0.4) is 0 Å². The van der Waals surface area contributed by atoms with Crippen LogP contribution in [0, 0.1) is 5.41 Å². The Labute approximate surface area is 168 Å². The molecule has 10 heteroatoms. The largest absolute Gasteiger partial charge is 0.490 e. The zero-order valence-electron chi connectivity index (χ0n) is 16.1. The van der Waals surface area contributed by atoms with Crippen LogP contribution in [0.1, 0.15) is 18.4 Å². The Balaban J connectivity index is 1.45. The van der Waals surface area contributed by atoms with Crippen molar-refractivity contribution in [1.82, 2.24) is 9.80 Å². The molecule has 2 aliphatic rings. The van der Waals surface area contributed by atoms with E-state index in [9.17, 15) is 9.59 Å². The summed E-state index contributed by atoms with van der Waals surface area (Å²) in [6.07, 6.45) is 1.06. The summed E-state index contributed by atoms with van der Waals surface area (Å²) in [4.78, 5) is 26.6. The summed E-state index contributed by atoms with van der Waals surface area (Å²) in [5.41, 5.74) is 11.9. The van der Waals surface area contributed by atoms with E-state index in [1.807, 2.05) is 0 Å². The number of nitrogens with zero attached hydrogens (tertiary/aromatic N) is 2. The van der Waals surface area contributed by atoms with Crippen LogP contribution in [0.4, 0.5) is 4.79 Å². The number of aliphatic carboxylic acids is 1. The molecule has 0 bridgehead atoms. The topological polar surface area (TPSA) is 155 Å². The van der Waals surface area contributed by atoms with Gasteiger partial charge in [0.15, 0.2) is 12.1 Å². The third kappa shape index (κ3) is 5.29. The van der Waals surface area contributed by atoms with Crippen molar-refractivity contribution in [3.05, 3.63) is 29.8 Å². The van der Waals surface area contributed by atoms with Crippen molar-refractivity contribution < 1.29 is 24.2 Å². The molecule has 2 atom stereocenters. The number of carboxylic acids is 1. The molecule has 3 rings (SSSR count). The van der Waals surface area contributed by atoms with Crippen LogP contribution in [0.5, 0.6) is 5.75 Å². The minimum atomic E-state index is -1.04. The monoisotopic (exact) mass is 405 g/mol. The highest BCUT2D eigenvalue weighted by molar-refractivity contribution is 5.75. The van der Waals surface area contributed by atoms with E-state index in [0.717, 1.165) is 18.4 Å². The Morgan fingerprint density at radius 3 is 2.55 bits per heavy atom. The number of carbonyl (C=O) groups excluding carboxylic acids is 1. The smallest absolute Gasteiger partial charge is 0.410 e. The van der Waals surface area contributed by atoms with Gasteiger partial charge in [-0.3, -0.25) is 10.2 Å². The van der Waals surface area contributed by atoms with Gasteiger partial charge >= 0.3 is 12.1 Å². The maximum Gasteiger partial charge on any atom is 0.410 e. The van der Waals surface area contributed by atoms with Crippen molar-refractivity contribution in [2.75, 3.05) is 26.2 Å². The summed E-state index contributed by atoms with van der Waals surface area (Å²) in [6, 6.07) is 6.18. The maximum atomic E-state index is 12.2. The lowest BCUT2D eigenvalue weighted by atomic mass is 10.0. The molecule has 6 N–H and O–H groups in total. The minimum Gasteiger partial charge on any atom is -0.490 e. The summed E-state index contributed by atoms with van der Waals surface area (Å²) >= 11 is 0. The van der Waals surface area contributed by atoms with Crippen molar-refractivity contribution in [1.29, 1.82) is 5.41 Å². The zero-order valence-corrected chi connectivity index (χ0v) is 16.1. The normalized spacial score (nSPS) is 21.0. The zero-order chi connectivity index (χ0) is 21.0. The first-order valence-corrected chi connectivity index (χ1v) is 9.60. The molecule has 0 saturated carbocycles. The van der Waals surface area contributed by atoms with Gasteiger partial charge in [-0.25, -0.2) is 4.79 Å². The number of amides is 1. The van der Waals surface area contributed by atoms with Gasteiger partial charge in [-0.1, -0.05) is 12.1 Å².